The van der Waals surface area contributed by atoms with E-state index in [1.807, 2.05) is 11.8 Å². The zero-order valence-electron chi connectivity index (χ0n) is 16.5. The normalized spacial score (nSPS) is 38.6. The Morgan fingerprint density at radius 3 is 2.14 bits per heavy atom. The summed E-state index contributed by atoms with van der Waals surface area (Å²) >= 11 is 0. The zero-order chi connectivity index (χ0) is 20.3. The van der Waals surface area contributed by atoms with E-state index in [0.717, 1.165) is 12.8 Å². The van der Waals surface area contributed by atoms with Crippen molar-refractivity contribution in [2.24, 2.45) is 22.5 Å². The van der Waals surface area contributed by atoms with Crippen LogP contribution in [0.2, 0.25) is 0 Å². The van der Waals surface area contributed by atoms with Crippen molar-refractivity contribution >= 4 is 23.7 Å². The standard InChI is InChI=1S/C20H29N3O5/c1-3-14(15(21)24)22-16(25)11-6-12-4-5-13(7-11)23(12)17(26)19-8-20(9-19,10-19)18(27)28-2/h11-14H,3-10H2,1-2H3,(H2,21,24)(H,22,25). The Labute approximate surface area is 164 Å². The number of fused-ring (bicyclic) bond motifs is 2. The van der Waals surface area contributed by atoms with Crippen LogP contribution in [0.4, 0.5) is 0 Å². The van der Waals surface area contributed by atoms with Crippen LogP contribution in [-0.2, 0) is 23.9 Å². The monoisotopic (exact) mass is 391 g/mol. The lowest BCUT2D eigenvalue weighted by molar-refractivity contribution is -0.230. The van der Waals surface area contributed by atoms with Gasteiger partial charge in [0.15, 0.2) is 0 Å². The molecule has 5 fully saturated rings. The summed E-state index contributed by atoms with van der Waals surface area (Å²) in [5, 5.41) is 2.76. The number of esters is 1. The average molecular weight is 391 g/mol. The largest absolute Gasteiger partial charge is 0.469 e. The van der Waals surface area contributed by atoms with Crippen LogP contribution >= 0.6 is 0 Å². The number of nitrogens with one attached hydrogen (secondary N) is 1. The predicted molar refractivity (Wildman–Crippen MR) is 98.5 cm³/mol. The summed E-state index contributed by atoms with van der Waals surface area (Å²) < 4.78 is 4.88. The van der Waals surface area contributed by atoms with Gasteiger partial charge in [0.05, 0.1) is 17.9 Å². The van der Waals surface area contributed by atoms with Gasteiger partial charge in [0, 0.05) is 18.0 Å². The van der Waals surface area contributed by atoms with Crippen molar-refractivity contribution in [2.45, 2.75) is 76.4 Å². The molecule has 2 heterocycles. The van der Waals surface area contributed by atoms with Crippen molar-refractivity contribution in [3.63, 3.8) is 0 Å². The van der Waals surface area contributed by atoms with Crippen molar-refractivity contribution in [3.05, 3.63) is 0 Å². The number of hydrogen-bond donors (Lipinski definition) is 2. The van der Waals surface area contributed by atoms with Gasteiger partial charge >= 0.3 is 5.97 Å². The molecular weight excluding hydrogens is 362 g/mol. The molecule has 5 aliphatic rings. The van der Waals surface area contributed by atoms with E-state index in [9.17, 15) is 19.2 Å². The van der Waals surface area contributed by atoms with E-state index >= 15 is 0 Å². The second kappa shape index (κ2) is 6.46. The van der Waals surface area contributed by atoms with E-state index in [2.05, 4.69) is 5.32 Å². The van der Waals surface area contributed by atoms with Crippen molar-refractivity contribution < 1.29 is 23.9 Å². The Kier molecular flexibility index (Phi) is 4.43. The van der Waals surface area contributed by atoms with E-state index in [1.165, 1.54) is 7.11 Å². The van der Waals surface area contributed by atoms with Crippen molar-refractivity contribution in [2.75, 3.05) is 7.11 Å². The highest BCUT2D eigenvalue weighted by atomic mass is 16.5. The first-order valence-electron chi connectivity index (χ1n) is 10.3. The summed E-state index contributed by atoms with van der Waals surface area (Å²) in [6.07, 6.45) is 5.34. The molecule has 0 aromatic heterocycles. The Balaban J connectivity index is 1.38. The maximum absolute atomic E-state index is 13.3. The van der Waals surface area contributed by atoms with Gasteiger partial charge in [-0.05, 0) is 51.4 Å². The lowest BCUT2D eigenvalue weighted by Crippen LogP contribution is -2.72. The van der Waals surface area contributed by atoms with Gasteiger partial charge < -0.3 is 20.7 Å². The maximum Gasteiger partial charge on any atom is 0.311 e. The molecule has 3 atom stereocenters. The van der Waals surface area contributed by atoms with E-state index in [1.54, 1.807) is 0 Å². The fraction of sp³-hybridized carbons (Fsp3) is 0.800. The van der Waals surface area contributed by atoms with Crippen LogP contribution in [0, 0.1) is 16.7 Å². The van der Waals surface area contributed by atoms with Crippen LogP contribution in [0.3, 0.4) is 0 Å². The Bertz CT molecular complexity index is 702. The fourth-order valence-corrected chi connectivity index (χ4v) is 6.11. The molecular formula is C20H29N3O5. The molecule has 0 spiro atoms. The van der Waals surface area contributed by atoms with Crippen molar-refractivity contribution in [3.8, 4) is 0 Å². The molecule has 8 nitrogen and oxygen atoms in total. The Morgan fingerprint density at radius 2 is 1.68 bits per heavy atom. The molecule has 28 heavy (non-hydrogen) atoms. The number of ether oxygens (including phenoxy) is 1. The molecule has 3 saturated carbocycles. The quantitative estimate of drug-likeness (QED) is 0.639. The number of nitrogens with zero attached hydrogens (tertiary/aromatic N) is 1. The lowest BCUT2D eigenvalue weighted by atomic mass is 9.34. The first-order chi connectivity index (χ1) is 13.2. The number of rotatable bonds is 6. The average Bonchev–Trinajstić information content (AvgIpc) is 2.85. The number of nitrogens with two attached hydrogens (primary N) is 1. The summed E-state index contributed by atoms with van der Waals surface area (Å²) in [4.78, 5) is 51.2. The molecule has 2 aliphatic heterocycles. The molecule has 3 unspecified atom stereocenters. The molecule has 0 radical (unpaired) electrons. The van der Waals surface area contributed by atoms with Crippen LogP contribution in [0.1, 0.15) is 58.3 Å². The maximum atomic E-state index is 13.3. The van der Waals surface area contributed by atoms with Gasteiger partial charge in [-0.2, -0.15) is 0 Å². The number of methoxy groups -OCH3 is 1. The van der Waals surface area contributed by atoms with Gasteiger partial charge in [0.2, 0.25) is 17.7 Å². The summed E-state index contributed by atoms with van der Waals surface area (Å²) in [5.41, 5.74) is 4.52. The molecule has 3 N–H and O–H groups in total. The number of amides is 3. The third kappa shape index (κ3) is 2.63. The summed E-state index contributed by atoms with van der Waals surface area (Å²) in [6.45, 7) is 1.81. The minimum Gasteiger partial charge on any atom is -0.469 e. The summed E-state index contributed by atoms with van der Waals surface area (Å²) in [7, 11) is 1.40. The van der Waals surface area contributed by atoms with Gasteiger partial charge in [0.1, 0.15) is 6.04 Å². The van der Waals surface area contributed by atoms with Gasteiger partial charge in [-0.15, -0.1) is 0 Å². The second-order valence-corrected chi connectivity index (χ2v) is 9.22. The van der Waals surface area contributed by atoms with Crippen LogP contribution in [0.15, 0.2) is 0 Å². The molecule has 5 rings (SSSR count). The second-order valence-electron chi connectivity index (χ2n) is 9.22. The van der Waals surface area contributed by atoms with Crippen LogP contribution in [0.25, 0.3) is 0 Å². The van der Waals surface area contributed by atoms with Crippen LogP contribution in [-0.4, -0.2) is 53.8 Å². The SMILES string of the molecule is CCC(NC(=O)C1CC2CCC(C1)N2C(=O)C12CC(C(=O)OC)(C1)C2)C(N)=O. The minimum absolute atomic E-state index is 0.0683. The van der Waals surface area contributed by atoms with Crippen LogP contribution in [0.5, 0.6) is 0 Å². The lowest BCUT2D eigenvalue weighted by Gasteiger charge is -2.68. The Morgan fingerprint density at radius 1 is 1.11 bits per heavy atom. The van der Waals surface area contributed by atoms with Crippen molar-refractivity contribution in [1.29, 1.82) is 0 Å². The van der Waals surface area contributed by atoms with E-state index in [4.69, 9.17) is 10.5 Å². The predicted octanol–water partition coefficient (Wildman–Crippen LogP) is 0.479. The smallest absolute Gasteiger partial charge is 0.311 e. The molecule has 3 amide bonds. The highest BCUT2D eigenvalue weighted by Gasteiger charge is 2.76. The number of hydrogen-bond acceptors (Lipinski definition) is 5. The molecule has 8 heteroatoms. The molecule has 0 aromatic carbocycles. The fourth-order valence-electron chi connectivity index (χ4n) is 6.11. The number of carbonyl (C=O) groups excluding carboxylic acids is 4. The molecule has 0 aromatic rings. The highest BCUT2D eigenvalue weighted by molar-refractivity contribution is 5.94. The number of piperidine rings is 1. The molecule has 4 bridgehead atoms. The minimum atomic E-state index is -0.639. The highest BCUT2D eigenvalue weighted by Crippen LogP contribution is 2.74. The van der Waals surface area contributed by atoms with Gasteiger partial charge in [-0.1, -0.05) is 6.92 Å². The topological polar surface area (TPSA) is 119 Å². The van der Waals surface area contributed by atoms with Gasteiger partial charge in [-0.25, -0.2) is 0 Å². The van der Waals surface area contributed by atoms with E-state index in [-0.39, 0.29) is 41.2 Å². The first-order valence-corrected chi connectivity index (χ1v) is 10.3. The zero-order valence-corrected chi connectivity index (χ0v) is 16.5. The van der Waals surface area contributed by atoms with Gasteiger partial charge in [-0.3, -0.25) is 19.2 Å². The van der Waals surface area contributed by atoms with E-state index < -0.39 is 17.4 Å². The summed E-state index contributed by atoms with van der Waals surface area (Å²) in [5.74, 6) is -0.877. The first kappa shape index (κ1) is 19.2. The molecule has 3 aliphatic carbocycles. The summed E-state index contributed by atoms with van der Waals surface area (Å²) in [6, 6.07) is -0.502. The number of carbonyl (C=O) groups is 4. The van der Waals surface area contributed by atoms with Crippen molar-refractivity contribution in [1.82, 2.24) is 10.2 Å². The number of primary amides is 1. The van der Waals surface area contributed by atoms with E-state index in [0.29, 0.717) is 38.5 Å². The van der Waals surface area contributed by atoms with Crippen LogP contribution < -0.4 is 11.1 Å². The third-order valence-corrected chi connectivity index (χ3v) is 7.51. The molecule has 2 saturated heterocycles. The Hall–Kier alpha value is -2.12. The molecule has 154 valence electrons. The third-order valence-electron chi connectivity index (χ3n) is 7.51. The van der Waals surface area contributed by atoms with Gasteiger partial charge in [0.25, 0.3) is 0 Å².